The number of nitriles is 1. The highest BCUT2D eigenvalue weighted by Gasteiger charge is 2.28. The summed E-state index contributed by atoms with van der Waals surface area (Å²) in [4.78, 5) is 29.2. The summed E-state index contributed by atoms with van der Waals surface area (Å²) in [5.74, 6) is 0.725. The van der Waals surface area contributed by atoms with Gasteiger partial charge in [0.05, 0.1) is 67.9 Å². The van der Waals surface area contributed by atoms with Crippen LogP contribution in [0, 0.1) is 23.1 Å². The van der Waals surface area contributed by atoms with Gasteiger partial charge in [0.25, 0.3) is 0 Å². The molecule has 3 aromatic heterocycles. The van der Waals surface area contributed by atoms with Gasteiger partial charge in [0.15, 0.2) is 6.29 Å². The average molecular weight is 532 g/mol. The minimum absolute atomic E-state index is 0.193. The summed E-state index contributed by atoms with van der Waals surface area (Å²) in [6.45, 7) is 1.10. The molecule has 0 saturated carbocycles. The van der Waals surface area contributed by atoms with Gasteiger partial charge >= 0.3 is 0 Å². The van der Waals surface area contributed by atoms with Crippen molar-refractivity contribution in [1.82, 2.24) is 25.3 Å². The molecule has 11 nitrogen and oxygen atoms in total. The van der Waals surface area contributed by atoms with Crippen LogP contribution in [0.4, 0.5) is 10.3 Å². The molecule has 0 atom stereocenters. The second-order valence-electron chi connectivity index (χ2n) is 8.81. The summed E-state index contributed by atoms with van der Waals surface area (Å²) in [6.07, 6.45) is 3.17. The number of aromatic nitrogens is 4. The van der Waals surface area contributed by atoms with E-state index in [0.717, 1.165) is 5.76 Å². The number of nitrogens with zero attached hydrogens (tertiary/aromatic N) is 4. The quantitative estimate of drug-likeness (QED) is 0.261. The van der Waals surface area contributed by atoms with Crippen molar-refractivity contribution in [2.75, 3.05) is 25.1 Å². The number of carbonyl (C=O) groups is 1. The zero-order valence-corrected chi connectivity index (χ0v) is 20.9. The number of furan rings is 1. The van der Waals surface area contributed by atoms with Gasteiger partial charge in [-0.15, -0.1) is 0 Å². The highest BCUT2D eigenvalue weighted by atomic mass is 19.1. The number of benzene rings is 1. The number of nitrogens with one attached hydrogen (secondary N) is 3. The third-order valence-electron chi connectivity index (χ3n) is 6.02. The minimum Gasteiger partial charge on any atom is -0.467 e. The van der Waals surface area contributed by atoms with Crippen molar-refractivity contribution in [3.05, 3.63) is 72.3 Å². The summed E-state index contributed by atoms with van der Waals surface area (Å²) in [5.41, 5.74) is 2.51. The monoisotopic (exact) mass is 531 g/mol. The molecule has 1 amide bonds. The van der Waals surface area contributed by atoms with Crippen LogP contribution in [0.2, 0.25) is 0 Å². The Kier molecular flexibility index (Phi) is 8.20. The van der Waals surface area contributed by atoms with Gasteiger partial charge in [0, 0.05) is 18.3 Å². The smallest absolute Gasteiger partial charge is 0.227 e. The van der Waals surface area contributed by atoms with Crippen molar-refractivity contribution in [3.8, 4) is 28.7 Å². The molecule has 5 rings (SSSR count). The van der Waals surface area contributed by atoms with Crippen molar-refractivity contribution < 1.29 is 23.1 Å². The fourth-order valence-corrected chi connectivity index (χ4v) is 4.04. The first-order valence-corrected chi connectivity index (χ1v) is 12.4. The number of carbonyl (C=O) groups excluding carboxylic acids is 1. The first-order chi connectivity index (χ1) is 19.1. The molecule has 1 aromatic carbocycles. The number of amides is 1. The molecule has 39 heavy (non-hydrogen) atoms. The molecule has 0 unspecified atom stereocenters. The van der Waals surface area contributed by atoms with E-state index in [2.05, 4.69) is 25.6 Å². The zero-order chi connectivity index (χ0) is 27.0. The van der Waals surface area contributed by atoms with E-state index in [-0.39, 0.29) is 31.4 Å². The number of imidazole rings is 1. The fraction of sp³-hybridized carbons (Fsp3) is 0.296. The van der Waals surface area contributed by atoms with Crippen LogP contribution in [0.1, 0.15) is 18.0 Å². The molecule has 0 spiro atoms. The number of rotatable bonds is 10. The maximum absolute atomic E-state index is 13.6. The number of H-pyrrole nitrogens is 1. The van der Waals surface area contributed by atoms with Crippen molar-refractivity contribution in [2.24, 2.45) is 5.92 Å². The molecule has 4 aromatic rings. The fourth-order valence-electron chi connectivity index (χ4n) is 4.04. The van der Waals surface area contributed by atoms with Crippen molar-refractivity contribution in [3.63, 3.8) is 0 Å². The number of anilines is 1. The highest BCUT2D eigenvalue weighted by Crippen LogP contribution is 2.30. The van der Waals surface area contributed by atoms with E-state index in [1.54, 1.807) is 36.7 Å². The molecule has 0 bridgehead atoms. The maximum atomic E-state index is 13.6. The summed E-state index contributed by atoms with van der Waals surface area (Å²) in [5, 5.41) is 14.5. The van der Waals surface area contributed by atoms with Crippen LogP contribution < -0.4 is 10.6 Å². The molecule has 0 radical (unpaired) electrons. The van der Waals surface area contributed by atoms with Gasteiger partial charge in [0.2, 0.25) is 11.9 Å². The molecule has 1 saturated heterocycles. The molecule has 12 heteroatoms. The number of hydrogen-bond acceptors (Lipinski definition) is 9. The number of aromatic amines is 1. The summed E-state index contributed by atoms with van der Waals surface area (Å²) >= 11 is 0. The molecule has 3 N–H and O–H groups in total. The van der Waals surface area contributed by atoms with Crippen molar-refractivity contribution >= 4 is 11.9 Å². The van der Waals surface area contributed by atoms with Crippen molar-refractivity contribution in [2.45, 2.75) is 25.7 Å². The Morgan fingerprint density at radius 1 is 1.15 bits per heavy atom. The van der Waals surface area contributed by atoms with Crippen LogP contribution in [-0.2, 0) is 27.2 Å². The normalized spacial score (nSPS) is 16.9. The predicted molar refractivity (Wildman–Crippen MR) is 137 cm³/mol. The maximum Gasteiger partial charge on any atom is 0.227 e. The van der Waals surface area contributed by atoms with E-state index in [9.17, 15) is 9.18 Å². The third kappa shape index (κ3) is 6.64. The SMILES string of the molecule is N#CCCNC(=O)C1COC(Cc2nc(-c3ccc(F)cc3)c(-c3ccnc(NCc4ccco4)n3)[nH]2)OC1. The van der Waals surface area contributed by atoms with E-state index in [1.165, 1.54) is 12.1 Å². The Morgan fingerprint density at radius 3 is 2.72 bits per heavy atom. The van der Waals surface area contributed by atoms with Crippen LogP contribution in [0.15, 0.2) is 59.3 Å². The first-order valence-electron chi connectivity index (χ1n) is 12.4. The lowest BCUT2D eigenvalue weighted by atomic mass is 10.1. The van der Waals surface area contributed by atoms with Crippen LogP contribution in [0.25, 0.3) is 22.6 Å². The van der Waals surface area contributed by atoms with Crippen LogP contribution >= 0.6 is 0 Å². The first kappa shape index (κ1) is 26.0. The molecule has 0 aliphatic carbocycles. The van der Waals surface area contributed by atoms with Gasteiger partial charge in [0.1, 0.15) is 17.4 Å². The van der Waals surface area contributed by atoms with Gasteiger partial charge in [-0.3, -0.25) is 4.79 Å². The summed E-state index contributed by atoms with van der Waals surface area (Å²) in [6, 6.07) is 13.5. The van der Waals surface area contributed by atoms with Gasteiger partial charge in [-0.05, 0) is 42.5 Å². The Labute approximate surface area is 223 Å². The largest absolute Gasteiger partial charge is 0.467 e. The molecular formula is C27H26FN7O4. The van der Waals surface area contributed by atoms with Gasteiger partial charge in [-0.2, -0.15) is 5.26 Å². The number of ether oxygens (including phenoxy) is 2. The lowest BCUT2D eigenvalue weighted by molar-refractivity contribution is -0.200. The zero-order valence-electron chi connectivity index (χ0n) is 20.9. The lowest BCUT2D eigenvalue weighted by Gasteiger charge is -2.28. The highest BCUT2D eigenvalue weighted by molar-refractivity contribution is 5.79. The minimum atomic E-state index is -0.607. The van der Waals surface area contributed by atoms with E-state index in [4.69, 9.17) is 24.1 Å². The van der Waals surface area contributed by atoms with Crippen LogP contribution in [0.5, 0.6) is 0 Å². The number of hydrogen-bond donors (Lipinski definition) is 3. The molecule has 1 aliphatic heterocycles. The topological polar surface area (TPSA) is 151 Å². The van der Waals surface area contributed by atoms with Gasteiger partial charge < -0.3 is 29.5 Å². The average Bonchev–Trinajstić information content (AvgIpc) is 3.63. The van der Waals surface area contributed by atoms with Gasteiger partial charge in [-0.25, -0.2) is 19.3 Å². The van der Waals surface area contributed by atoms with Crippen molar-refractivity contribution in [1.29, 1.82) is 5.26 Å². The Morgan fingerprint density at radius 2 is 1.97 bits per heavy atom. The molecular weight excluding hydrogens is 505 g/mol. The molecule has 4 heterocycles. The molecule has 1 fully saturated rings. The lowest BCUT2D eigenvalue weighted by Crippen LogP contribution is -2.42. The molecule has 1 aliphatic rings. The van der Waals surface area contributed by atoms with E-state index < -0.39 is 12.2 Å². The van der Waals surface area contributed by atoms with E-state index in [0.29, 0.717) is 53.9 Å². The van der Waals surface area contributed by atoms with E-state index in [1.807, 2.05) is 12.1 Å². The summed E-state index contributed by atoms with van der Waals surface area (Å²) < 4.78 is 30.5. The Balaban J connectivity index is 1.32. The second-order valence-corrected chi connectivity index (χ2v) is 8.81. The Bertz CT molecular complexity index is 1430. The van der Waals surface area contributed by atoms with Gasteiger partial charge in [-0.1, -0.05) is 0 Å². The predicted octanol–water partition coefficient (Wildman–Crippen LogP) is 3.44. The second kappa shape index (κ2) is 12.3. The molecule has 200 valence electrons. The summed E-state index contributed by atoms with van der Waals surface area (Å²) in [7, 11) is 0. The third-order valence-corrected chi connectivity index (χ3v) is 6.02. The van der Waals surface area contributed by atoms with Crippen LogP contribution in [-0.4, -0.2) is 51.9 Å². The number of halogens is 1. The van der Waals surface area contributed by atoms with E-state index >= 15 is 0 Å². The van der Waals surface area contributed by atoms with Crippen LogP contribution in [0.3, 0.4) is 0 Å². The standard InChI is InChI=1S/C27H26FN7O4/c28-19-6-4-17(5-7-19)24-25(21-8-11-31-27(33-21)32-14-20-3-1-12-37-20)35-22(34-24)13-23-38-15-18(16-39-23)26(36)30-10-2-9-29/h1,3-8,11-12,18,23H,2,10,13-16H2,(H,30,36)(H,34,35)(H,31,32,33). The Hall–Kier alpha value is -4.60.